The zero-order valence-electron chi connectivity index (χ0n) is 7.41. The number of hydrogen-bond acceptors (Lipinski definition) is 0. The molecule has 0 N–H and O–H groups in total. The van der Waals surface area contributed by atoms with E-state index in [1.54, 1.807) is 5.92 Å². The Kier molecular flexibility index (Phi) is 21.9. The van der Waals surface area contributed by atoms with Crippen LogP contribution < -0.4 is 12.4 Å². The molecule has 0 heterocycles. The van der Waals surface area contributed by atoms with Gasteiger partial charge in [-0.1, -0.05) is 26.2 Å². The molecule has 0 atom stereocenters. The van der Waals surface area contributed by atoms with E-state index in [2.05, 4.69) is 20.8 Å². The minimum Gasteiger partial charge on any atom is -1.00 e. The number of unbranched alkanes of at least 4 members (excludes halogenated alkanes) is 2. The van der Waals surface area contributed by atoms with Gasteiger partial charge >= 0.3 is 23.1 Å². The van der Waals surface area contributed by atoms with E-state index >= 15 is 0 Å². The molecule has 0 nitrogen and oxygen atoms in total. The van der Waals surface area contributed by atoms with E-state index < -0.39 is 0 Å². The minimum absolute atomic E-state index is 0. The summed E-state index contributed by atoms with van der Waals surface area (Å²) in [6.45, 7) is 6.65. The number of hydrogen-bond donors (Lipinski definition) is 0. The predicted molar refractivity (Wildman–Crippen MR) is 44.5 cm³/mol. The maximum absolute atomic E-state index is 2.24. The monoisotopic (exact) mass is 172 g/mol. The summed E-state index contributed by atoms with van der Waals surface area (Å²) < 4.78 is 0. The SMILES string of the molecule is CCCCC[C-](C)C.[Cl-].[Mg+2]. The maximum atomic E-state index is 2.24. The number of halogens is 1. The third-order valence-electron chi connectivity index (χ3n) is 1.28. The fourth-order valence-corrected chi connectivity index (χ4v) is 0.729. The Hall–Kier alpha value is 1.06. The van der Waals surface area contributed by atoms with Crippen LogP contribution in [0.5, 0.6) is 0 Å². The maximum Gasteiger partial charge on any atom is 2.00 e. The van der Waals surface area contributed by atoms with Crippen molar-refractivity contribution < 1.29 is 12.4 Å². The number of rotatable bonds is 4. The van der Waals surface area contributed by atoms with E-state index in [1.807, 2.05) is 0 Å². The van der Waals surface area contributed by atoms with Crippen LogP contribution in [0.25, 0.3) is 0 Å². The van der Waals surface area contributed by atoms with Crippen molar-refractivity contribution in [1.82, 2.24) is 0 Å². The summed E-state index contributed by atoms with van der Waals surface area (Å²) in [5.74, 6) is 1.57. The molecule has 0 radical (unpaired) electrons. The molecule has 0 aromatic carbocycles. The van der Waals surface area contributed by atoms with E-state index in [0.717, 1.165) is 0 Å². The van der Waals surface area contributed by atoms with Crippen molar-refractivity contribution in [2.45, 2.75) is 46.5 Å². The summed E-state index contributed by atoms with van der Waals surface area (Å²) >= 11 is 0. The summed E-state index contributed by atoms with van der Waals surface area (Å²) in [7, 11) is 0. The van der Waals surface area contributed by atoms with Crippen LogP contribution in [0, 0.1) is 5.92 Å². The van der Waals surface area contributed by atoms with Crippen molar-refractivity contribution in [1.29, 1.82) is 0 Å². The van der Waals surface area contributed by atoms with Crippen molar-refractivity contribution in [3.8, 4) is 0 Å². The van der Waals surface area contributed by atoms with Gasteiger partial charge in [0.15, 0.2) is 0 Å². The average Bonchev–Trinajstić information content (AvgIpc) is 1.66. The van der Waals surface area contributed by atoms with Crippen molar-refractivity contribution >= 4 is 23.1 Å². The smallest absolute Gasteiger partial charge is 1.00 e. The quantitative estimate of drug-likeness (QED) is 0.314. The molecule has 0 fully saturated rings. The van der Waals surface area contributed by atoms with Gasteiger partial charge in [-0.2, -0.15) is 20.3 Å². The molecular formula is C8H17ClMg. The first-order valence-corrected chi connectivity index (χ1v) is 3.56. The van der Waals surface area contributed by atoms with Crippen molar-refractivity contribution in [2.24, 2.45) is 0 Å². The van der Waals surface area contributed by atoms with Gasteiger partial charge in [-0.25, -0.2) is 0 Å². The molecule has 2 heteroatoms. The topological polar surface area (TPSA) is 0 Å². The Balaban J connectivity index is -0.000000245. The predicted octanol–water partition coefficient (Wildman–Crippen LogP) is -0.196. The molecule has 0 saturated heterocycles. The zero-order valence-corrected chi connectivity index (χ0v) is 9.58. The van der Waals surface area contributed by atoms with Crippen LogP contribution in [0.3, 0.4) is 0 Å². The van der Waals surface area contributed by atoms with E-state index in [9.17, 15) is 0 Å². The first-order chi connectivity index (χ1) is 3.77. The summed E-state index contributed by atoms with van der Waals surface area (Å²) in [4.78, 5) is 0. The van der Waals surface area contributed by atoms with E-state index in [4.69, 9.17) is 0 Å². The largest absolute Gasteiger partial charge is 2.00 e. The molecule has 0 amide bonds. The van der Waals surface area contributed by atoms with Gasteiger partial charge in [0.25, 0.3) is 0 Å². The molecule has 0 spiro atoms. The second-order valence-electron chi connectivity index (χ2n) is 2.66. The molecule has 0 aliphatic heterocycles. The Labute approximate surface area is 87.7 Å². The van der Waals surface area contributed by atoms with Crippen LogP contribution in [0.4, 0.5) is 0 Å². The Morgan fingerprint density at radius 1 is 1.10 bits per heavy atom. The van der Waals surface area contributed by atoms with E-state index in [-0.39, 0.29) is 35.5 Å². The standard InChI is InChI=1S/C8H17.ClH.Mg/c1-4-5-6-7-8(2)3;;/h4-7H2,1-3H3;1H;/q-1;;+2/p-1. The molecule has 0 rings (SSSR count). The molecule has 0 aliphatic rings. The fourth-order valence-electron chi connectivity index (χ4n) is 0.729. The first-order valence-electron chi connectivity index (χ1n) is 3.56. The average molecular weight is 173 g/mol. The fraction of sp³-hybridized carbons (Fsp3) is 0.875. The van der Waals surface area contributed by atoms with Gasteiger partial charge < -0.3 is 18.3 Å². The van der Waals surface area contributed by atoms with Crippen LogP contribution in [-0.4, -0.2) is 23.1 Å². The third kappa shape index (κ3) is 16.0. The third-order valence-corrected chi connectivity index (χ3v) is 1.28. The Morgan fingerprint density at radius 3 is 1.90 bits per heavy atom. The van der Waals surface area contributed by atoms with Gasteiger partial charge in [0.1, 0.15) is 0 Å². The van der Waals surface area contributed by atoms with Crippen molar-refractivity contribution in [2.75, 3.05) is 0 Å². The van der Waals surface area contributed by atoms with Crippen molar-refractivity contribution in [3.63, 3.8) is 0 Å². The Morgan fingerprint density at radius 2 is 1.60 bits per heavy atom. The van der Waals surface area contributed by atoms with E-state index in [1.165, 1.54) is 25.7 Å². The summed E-state index contributed by atoms with van der Waals surface area (Å²) in [6, 6.07) is 0. The molecule has 0 aliphatic carbocycles. The molecule has 10 heavy (non-hydrogen) atoms. The van der Waals surface area contributed by atoms with Gasteiger partial charge in [-0.15, -0.1) is 0 Å². The van der Waals surface area contributed by atoms with Crippen LogP contribution >= 0.6 is 0 Å². The summed E-state index contributed by atoms with van der Waals surface area (Å²) in [6.07, 6.45) is 5.45. The molecule has 0 saturated carbocycles. The minimum atomic E-state index is 0. The first kappa shape index (κ1) is 17.2. The second-order valence-corrected chi connectivity index (χ2v) is 2.66. The summed E-state index contributed by atoms with van der Waals surface area (Å²) in [5, 5.41) is 0. The van der Waals surface area contributed by atoms with E-state index in [0.29, 0.717) is 0 Å². The van der Waals surface area contributed by atoms with Gasteiger partial charge in [-0.3, -0.25) is 0 Å². The second kappa shape index (κ2) is 12.7. The molecule has 0 bridgehead atoms. The van der Waals surface area contributed by atoms with Crippen LogP contribution in [0.1, 0.15) is 46.5 Å². The van der Waals surface area contributed by atoms with Crippen LogP contribution in [-0.2, 0) is 0 Å². The van der Waals surface area contributed by atoms with Crippen LogP contribution in [0.2, 0.25) is 0 Å². The molecular weight excluding hydrogens is 156 g/mol. The summed E-state index contributed by atoms with van der Waals surface area (Å²) in [5.41, 5.74) is 0. The van der Waals surface area contributed by atoms with Gasteiger partial charge in [0.05, 0.1) is 0 Å². The molecule has 0 aromatic heterocycles. The normalized spacial score (nSPS) is 8.40. The van der Waals surface area contributed by atoms with Gasteiger partial charge in [0, 0.05) is 0 Å². The van der Waals surface area contributed by atoms with Gasteiger partial charge in [-0.05, 0) is 0 Å². The molecule has 0 unspecified atom stereocenters. The van der Waals surface area contributed by atoms with Crippen molar-refractivity contribution in [3.05, 3.63) is 5.92 Å². The molecule has 0 aromatic rings. The Bertz CT molecular complexity index is 46.5. The van der Waals surface area contributed by atoms with Crippen LogP contribution in [0.15, 0.2) is 0 Å². The molecule has 58 valence electrons. The van der Waals surface area contributed by atoms with Gasteiger partial charge in [0.2, 0.25) is 0 Å². The zero-order chi connectivity index (χ0) is 6.41.